The summed E-state index contributed by atoms with van der Waals surface area (Å²) in [5, 5.41) is 141. The Hall–Kier alpha value is -2.88. The summed E-state index contributed by atoms with van der Waals surface area (Å²) >= 11 is 0. The molecule has 1 fully saturated rings. The largest absolute Gasteiger partial charge is 0.462 e. The van der Waals surface area contributed by atoms with Crippen molar-refractivity contribution in [3.8, 4) is 0 Å². The number of esters is 2. The number of hydrogen-bond acceptors (Lipinski definition) is 17. The van der Waals surface area contributed by atoms with Crippen LogP contribution in [0.15, 0.2) is 59.8 Å². The van der Waals surface area contributed by atoms with E-state index in [1.165, 1.54) is 26.0 Å². The van der Waals surface area contributed by atoms with Gasteiger partial charge in [-0.25, -0.2) is 4.79 Å². The van der Waals surface area contributed by atoms with Crippen molar-refractivity contribution < 1.29 is 85.4 Å². The van der Waals surface area contributed by atoms with E-state index < -0.39 is 127 Å². The molecule has 2 rings (SSSR count). The van der Waals surface area contributed by atoms with Crippen molar-refractivity contribution in [1.82, 2.24) is 0 Å². The zero-order valence-electron chi connectivity index (χ0n) is 44.3. The first-order valence-electron chi connectivity index (χ1n) is 26.3. The number of aliphatic hydroxyl groups is 13. The van der Waals surface area contributed by atoms with Crippen LogP contribution in [0.5, 0.6) is 0 Å². The fourth-order valence-electron chi connectivity index (χ4n) is 9.41. The van der Waals surface area contributed by atoms with Crippen molar-refractivity contribution in [1.29, 1.82) is 0 Å². The minimum Gasteiger partial charge on any atom is -0.462 e. The van der Waals surface area contributed by atoms with E-state index in [1.807, 2.05) is 32.9 Å². The summed E-state index contributed by atoms with van der Waals surface area (Å²) in [6, 6.07) is 0. The summed E-state index contributed by atoms with van der Waals surface area (Å²) < 4.78 is 11.4. The molecule has 22 unspecified atom stereocenters. The van der Waals surface area contributed by atoms with Gasteiger partial charge in [0.2, 0.25) is 0 Å². The van der Waals surface area contributed by atoms with Crippen molar-refractivity contribution in [3.63, 3.8) is 0 Å². The van der Waals surface area contributed by atoms with E-state index in [4.69, 9.17) is 9.47 Å². The lowest BCUT2D eigenvalue weighted by Gasteiger charge is -2.33. The molecule has 22 atom stereocenters. The van der Waals surface area contributed by atoms with Crippen LogP contribution in [-0.4, -0.2) is 170 Å². The Bertz CT molecular complexity index is 1730. The van der Waals surface area contributed by atoms with E-state index in [0.29, 0.717) is 43.3 Å². The molecule has 416 valence electrons. The third-order valence-electron chi connectivity index (χ3n) is 15.1. The Labute approximate surface area is 428 Å². The molecular weight excluding hydrogens is 933 g/mol. The van der Waals surface area contributed by atoms with Gasteiger partial charge in [0.25, 0.3) is 0 Å². The molecule has 2 aliphatic heterocycles. The van der Waals surface area contributed by atoms with Gasteiger partial charge < -0.3 is 75.9 Å². The molecule has 13 N–H and O–H groups in total. The second-order valence-corrected chi connectivity index (χ2v) is 21.5. The number of rotatable bonds is 2. The summed E-state index contributed by atoms with van der Waals surface area (Å²) in [7, 11) is 0. The van der Waals surface area contributed by atoms with Gasteiger partial charge in [0.05, 0.1) is 79.4 Å². The number of carbonyl (C=O) groups is 2. The molecule has 2 aliphatic rings. The average Bonchev–Trinajstić information content (AvgIpc) is 3.77. The van der Waals surface area contributed by atoms with E-state index in [9.17, 15) is 76.0 Å². The lowest BCUT2D eigenvalue weighted by Crippen LogP contribution is -2.41. The minimum atomic E-state index is -1.48. The third-order valence-corrected chi connectivity index (χ3v) is 15.1. The number of aliphatic hydroxyl groups excluding tert-OH is 13. The summed E-state index contributed by atoms with van der Waals surface area (Å²) in [5.41, 5.74) is 0.674. The molecule has 0 bridgehead atoms. The summed E-state index contributed by atoms with van der Waals surface area (Å²) in [5.74, 6) is -4.56. The zero-order valence-corrected chi connectivity index (χ0v) is 44.3. The second kappa shape index (κ2) is 32.5. The summed E-state index contributed by atoms with van der Waals surface area (Å²) in [6.45, 7) is 15.3. The Morgan fingerprint density at radius 3 is 1.69 bits per heavy atom. The molecule has 0 aromatic heterocycles. The molecule has 72 heavy (non-hydrogen) atoms. The van der Waals surface area contributed by atoms with Gasteiger partial charge in [-0.2, -0.15) is 0 Å². The first-order valence-corrected chi connectivity index (χ1v) is 26.3. The molecule has 0 aliphatic carbocycles. The van der Waals surface area contributed by atoms with Crippen molar-refractivity contribution in [3.05, 3.63) is 59.8 Å². The normalized spacial score (nSPS) is 44.2. The minimum absolute atomic E-state index is 0.145. The van der Waals surface area contributed by atoms with Crippen LogP contribution in [0.3, 0.4) is 0 Å². The number of ether oxygens (including phenoxy) is 2. The van der Waals surface area contributed by atoms with Crippen LogP contribution in [0.4, 0.5) is 0 Å². The fourth-order valence-corrected chi connectivity index (χ4v) is 9.41. The van der Waals surface area contributed by atoms with Gasteiger partial charge in [0.15, 0.2) is 0 Å². The monoisotopic (exact) mass is 1030 g/mol. The Morgan fingerprint density at radius 2 is 1.11 bits per heavy atom. The molecule has 17 heteroatoms. The highest BCUT2D eigenvalue weighted by atomic mass is 16.6. The average molecular weight is 1030 g/mol. The number of allylic oxidation sites excluding steroid dienone is 2. The highest BCUT2D eigenvalue weighted by molar-refractivity contribution is 5.87. The maximum Gasteiger partial charge on any atom is 0.333 e. The van der Waals surface area contributed by atoms with Gasteiger partial charge in [0.1, 0.15) is 12.2 Å². The standard InChI is InChI=1S/C55H94O17/c1-30-14-10-11-18-44(61)35(6)53(68)31(2)15-12-16-33(4)55(70)72-49(38(9)50-22-23-51(66)71-50)19-13-17-39(56)25-40(57)27-45(62)36(7)54(69)37(8)46(63)28-41(58)26-42(59)29-48(65)47(64)24-34(5)52(67)32(3)20-21-43(30)60/h10,13-14,16-17,20-21,24,30-32,35-50,52-54,56-65,67-69H,11-12,15,18-19,22-23,25-29H2,1-9H3/b14-10+,17-13-,21-20+,33-16+,34-24+. The van der Waals surface area contributed by atoms with Crippen LogP contribution in [0.25, 0.3) is 0 Å². The SMILES string of the molecule is C/C1=C\CCC(C)C(O)C(C)C(O)CC/C=C/C(C)C(O)/C=C/C(C)C(O)/C(C)=C/C(O)C(O)CC(O)CC(O)CC(O)C(C)C(O)C(C)C(O)CC(O)CC(O)/C=C\CC(C(C)C2CCC(=O)O2)OC1=O. The maximum absolute atomic E-state index is 13.4. The maximum atomic E-state index is 13.4. The van der Waals surface area contributed by atoms with Crippen molar-refractivity contribution >= 4 is 11.9 Å². The number of carbonyl (C=O) groups excluding carboxylic acids is 2. The highest BCUT2D eigenvalue weighted by Crippen LogP contribution is 2.30. The lowest BCUT2D eigenvalue weighted by atomic mass is 9.82. The predicted octanol–water partition coefficient (Wildman–Crippen LogP) is 3.22. The quantitative estimate of drug-likeness (QED) is 0.140. The van der Waals surface area contributed by atoms with Crippen LogP contribution in [0.1, 0.15) is 139 Å². The van der Waals surface area contributed by atoms with Gasteiger partial charge in [-0.1, -0.05) is 97.1 Å². The van der Waals surface area contributed by atoms with E-state index in [0.717, 1.165) is 0 Å². The smallest absolute Gasteiger partial charge is 0.333 e. The summed E-state index contributed by atoms with van der Waals surface area (Å²) in [6.07, 6.45) is -2.35. The van der Waals surface area contributed by atoms with Gasteiger partial charge in [-0.3, -0.25) is 4.79 Å². The molecule has 0 saturated carbocycles. The van der Waals surface area contributed by atoms with E-state index in [2.05, 4.69) is 0 Å². The topological polar surface area (TPSA) is 316 Å². The van der Waals surface area contributed by atoms with Crippen molar-refractivity contribution in [2.24, 2.45) is 41.4 Å². The van der Waals surface area contributed by atoms with Gasteiger partial charge in [-0.05, 0) is 76.7 Å². The van der Waals surface area contributed by atoms with Gasteiger partial charge in [-0.15, -0.1) is 0 Å². The lowest BCUT2D eigenvalue weighted by molar-refractivity contribution is -0.152. The molecule has 2 heterocycles. The van der Waals surface area contributed by atoms with Crippen LogP contribution in [-0.2, 0) is 19.1 Å². The number of hydrogen-bond donors (Lipinski definition) is 13. The molecule has 0 aromatic rings. The van der Waals surface area contributed by atoms with E-state index >= 15 is 0 Å². The Morgan fingerprint density at radius 1 is 0.542 bits per heavy atom. The highest BCUT2D eigenvalue weighted by Gasteiger charge is 2.36. The Kier molecular flexibility index (Phi) is 29.5. The molecule has 0 spiro atoms. The fraction of sp³-hybridized carbons (Fsp3) is 0.782. The van der Waals surface area contributed by atoms with Crippen molar-refractivity contribution in [2.45, 2.75) is 231 Å². The van der Waals surface area contributed by atoms with Crippen LogP contribution < -0.4 is 0 Å². The zero-order chi connectivity index (χ0) is 54.6. The first-order chi connectivity index (χ1) is 33.6. The van der Waals surface area contributed by atoms with Crippen LogP contribution in [0.2, 0.25) is 0 Å². The molecular formula is C55H94O17. The number of cyclic esters (lactones) is 2. The molecule has 0 radical (unpaired) electrons. The molecule has 0 aromatic carbocycles. The second-order valence-electron chi connectivity index (χ2n) is 21.5. The molecule has 1 saturated heterocycles. The van der Waals surface area contributed by atoms with Crippen LogP contribution >= 0.6 is 0 Å². The first kappa shape index (κ1) is 65.2. The van der Waals surface area contributed by atoms with Gasteiger partial charge in [0, 0.05) is 66.8 Å². The van der Waals surface area contributed by atoms with E-state index in [-0.39, 0.29) is 62.8 Å². The summed E-state index contributed by atoms with van der Waals surface area (Å²) in [4.78, 5) is 25.4. The third kappa shape index (κ3) is 22.5. The van der Waals surface area contributed by atoms with Crippen LogP contribution in [0, 0.1) is 41.4 Å². The van der Waals surface area contributed by atoms with E-state index in [1.54, 1.807) is 52.0 Å². The molecule has 0 amide bonds. The Balaban J connectivity index is 2.28. The van der Waals surface area contributed by atoms with Crippen molar-refractivity contribution in [2.75, 3.05) is 0 Å². The predicted molar refractivity (Wildman–Crippen MR) is 272 cm³/mol. The molecule has 17 nitrogen and oxygen atoms in total. The van der Waals surface area contributed by atoms with Gasteiger partial charge >= 0.3 is 11.9 Å².